The van der Waals surface area contributed by atoms with Crippen LogP contribution < -0.4 is 9.62 Å². The minimum absolute atomic E-state index is 0.00454. The number of halogens is 2. The molecular weight excluding hydrogens is 583 g/mol. The summed E-state index contributed by atoms with van der Waals surface area (Å²) in [6, 6.07) is 21.8. The molecule has 0 saturated carbocycles. The Labute approximate surface area is 253 Å². The normalized spacial score (nSPS) is 12.6. The minimum Gasteiger partial charge on any atom is -0.350 e. The van der Waals surface area contributed by atoms with Crippen LogP contribution in [0.25, 0.3) is 0 Å². The molecule has 1 N–H and O–H groups in total. The SMILES string of the molecule is CN(C)S(=O)(=O)N(CC(=O)N(Cc1ccc(Cl)c(Cl)c1)[C@H](Cc1ccccc1)C(=O)NC(C)(C)C)c1ccccc1. The van der Waals surface area contributed by atoms with Crippen LogP contribution in [0.5, 0.6) is 0 Å². The van der Waals surface area contributed by atoms with Gasteiger partial charge in [-0.15, -0.1) is 0 Å². The molecule has 3 aromatic carbocycles. The predicted octanol–water partition coefficient (Wildman–Crippen LogP) is 5.16. The second-order valence-electron chi connectivity index (χ2n) is 10.8. The van der Waals surface area contributed by atoms with Crippen LogP contribution in [0.3, 0.4) is 0 Å². The molecule has 0 aromatic heterocycles. The largest absolute Gasteiger partial charge is 0.350 e. The number of hydrogen-bond acceptors (Lipinski definition) is 4. The average Bonchev–Trinajstić information content (AvgIpc) is 2.91. The Morgan fingerprint density at radius 2 is 1.44 bits per heavy atom. The number of anilines is 1. The molecular formula is C30H36Cl2N4O4S. The van der Waals surface area contributed by atoms with Crippen LogP contribution in [0.4, 0.5) is 5.69 Å². The van der Waals surface area contributed by atoms with Crippen LogP contribution in [0.15, 0.2) is 78.9 Å². The molecule has 0 saturated heterocycles. The van der Waals surface area contributed by atoms with Crippen molar-refractivity contribution in [3.8, 4) is 0 Å². The molecule has 0 aliphatic rings. The monoisotopic (exact) mass is 618 g/mol. The Balaban J connectivity index is 2.12. The number of carbonyl (C=O) groups is 2. The van der Waals surface area contributed by atoms with Crippen molar-refractivity contribution in [1.82, 2.24) is 14.5 Å². The maximum Gasteiger partial charge on any atom is 0.304 e. The summed E-state index contributed by atoms with van der Waals surface area (Å²) in [4.78, 5) is 29.4. The van der Waals surface area contributed by atoms with Gasteiger partial charge in [-0.3, -0.25) is 9.59 Å². The zero-order chi connectivity index (χ0) is 30.4. The summed E-state index contributed by atoms with van der Waals surface area (Å²) in [5, 5.41) is 3.65. The van der Waals surface area contributed by atoms with E-state index in [1.165, 1.54) is 19.0 Å². The zero-order valence-electron chi connectivity index (χ0n) is 23.8. The molecule has 0 unspecified atom stereocenters. The first-order chi connectivity index (χ1) is 19.2. The fourth-order valence-electron chi connectivity index (χ4n) is 4.15. The van der Waals surface area contributed by atoms with Gasteiger partial charge in [-0.1, -0.05) is 77.8 Å². The molecule has 0 radical (unpaired) electrons. The molecule has 0 fully saturated rings. The second-order valence-corrected chi connectivity index (χ2v) is 13.7. The van der Waals surface area contributed by atoms with Crippen LogP contribution in [-0.2, 0) is 32.8 Å². The van der Waals surface area contributed by atoms with E-state index in [4.69, 9.17) is 23.2 Å². The molecule has 2 amide bonds. The molecule has 0 bridgehead atoms. The van der Waals surface area contributed by atoms with Crippen molar-refractivity contribution in [2.24, 2.45) is 0 Å². The fraction of sp³-hybridized carbons (Fsp3) is 0.333. The van der Waals surface area contributed by atoms with E-state index in [9.17, 15) is 18.0 Å². The van der Waals surface area contributed by atoms with Gasteiger partial charge in [0.05, 0.1) is 15.7 Å². The molecule has 0 heterocycles. The number of para-hydroxylation sites is 1. The molecule has 3 rings (SSSR count). The van der Waals surface area contributed by atoms with Crippen LogP contribution in [0, 0.1) is 0 Å². The van der Waals surface area contributed by atoms with Crippen molar-refractivity contribution in [3.63, 3.8) is 0 Å². The van der Waals surface area contributed by atoms with Crippen molar-refractivity contribution < 1.29 is 18.0 Å². The molecule has 0 aliphatic heterocycles. The maximum absolute atomic E-state index is 14.2. The first-order valence-corrected chi connectivity index (χ1v) is 15.2. The van der Waals surface area contributed by atoms with Crippen LogP contribution in [0.1, 0.15) is 31.9 Å². The standard InChI is InChI=1S/C30H36Cl2N4O4S/c1-30(2,3)33-29(38)27(19-22-12-8-6-9-13-22)35(20-23-16-17-25(31)26(32)18-23)28(37)21-36(41(39,40)34(4)5)24-14-10-7-11-15-24/h6-18,27H,19-21H2,1-5H3,(H,33,38)/t27-/m1/s1. The Hall–Kier alpha value is -3.11. The van der Waals surface area contributed by atoms with Crippen molar-refractivity contribution in [3.05, 3.63) is 100 Å². The van der Waals surface area contributed by atoms with Crippen molar-refractivity contribution in [1.29, 1.82) is 0 Å². The van der Waals surface area contributed by atoms with Gasteiger partial charge >= 0.3 is 10.2 Å². The number of nitrogens with one attached hydrogen (secondary N) is 1. The minimum atomic E-state index is -4.06. The number of amides is 2. The molecule has 0 spiro atoms. The third kappa shape index (κ3) is 8.94. The van der Waals surface area contributed by atoms with Crippen molar-refractivity contribution >= 4 is 50.9 Å². The zero-order valence-corrected chi connectivity index (χ0v) is 26.2. The van der Waals surface area contributed by atoms with E-state index in [-0.39, 0.29) is 18.9 Å². The Morgan fingerprint density at radius 1 is 0.854 bits per heavy atom. The average molecular weight is 620 g/mol. The number of rotatable bonds is 11. The highest BCUT2D eigenvalue weighted by atomic mass is 35.5. The Kier molecular flexibility index (Phi) is 10.8. The smallest absolute Gasteiger partial charge is 0.304 e. The summed E-state index contributed by atoms with van der Waals surface area (Å²) in [5.74, 6) is -0.924. The molecule has 11 heteroatoms. The van der Waals surface area contributed by atoms with E-state index in [1.807, 2.05) is 51.1 Å². The first kappa shape index (κ1) is 32.4. The third-order valence-electron chi connectivity index (χ3n) is 6.17. The summed E-state index contributed by atoms with van der Waals surface area (Å²) in [6.07, 6.45) is 0.210. The van der Waals surface area contributed by atoms with Crippen molar-refractivity contribution in [2.45, 2.75) is 45.3 Å². The summed E-state index contributed by atoms with van der Waals surface area (Å²) in [6.45, 7) is 5.04. The Morgan fingerprint density at radius 3 is 1.98 bits per heavy atom. The summed E-state index contributed by atoms with van der Waals surface area (Å²) in [5.41, 5.74) is 1.22. The molecule has 220 valence electrons. The maximum atomic E-state index is 14.2. The molecule has 41 heavy (non-hydrogen) atoms. The second kappa shape index (κ2) is 13.7. The van der Waals surface area contributed by atoms with Gasteiger partial charge in [0, 0.05) is 32.6 Å². The molecule has 8 nitrogen and oxygen atoms in total. The summed E-state index contributed by atoms with van der Waals surface area (Å²) in [7, 11) is -1.26. The van der Waals surface area contributed by atoms with E-state index in [0.29, 0.717) is 21.3 Å². The van der Waals surface area contributed by atoms with Crippen LogP contribution in [-0.4, -0.2) is 61.7 Å². The topological polar surface area (TPSA) is 90.0 Å². The van der Waals surface area contributed by atoms with Gasteiger partial charge in [0.2, 0.25) is 11.8 Å². The van der Waals surface area contributed by atoms with Gasteiger partial charge in [0.1, 0.15) is 12.6 Å². The lowest BCUT2D eigenvalue weighted by Gasteiger charge is -2.35. The quantitative estimate of drug-likeness (QED) is 0.321. The lowest BCUT2D eigenvalue weighted by molar-refractivity contribution is -0.140. The van der Waals surface area contributed by atoms with Crippen LogP contribution in [0.2, 0.25) is 10.0 Å². The van der Waals surface area contributed by atoms with Gasteiger partial charge in [-0.25, -0.2) is 4.31 Å². The van der Waals surface area contributed by atoms with E-state index in [2.05, 4.69) is 5.32 Å². The predicted molar refractivity (Wildman–Crippen MR) is 165 cm³/mol. The lowest BCUT2D eigenvalue weighted by atomic mass is 10.0. The summed E-state index contributed by atoms with van der Waals surface area (Å²) >= 11 is 12.4. The highest BCUT2D eigenvalue weighted by Gasteiger charge is 2.35. The van der Waals surface area contributed by atoms with E-state index < -0.39 is 34.2 Å². The van der Waals surface area contributed by atoms with E-state index >= 15 is 0 Å². The molecule has 0 aliphatic carbocycles. The highest BCUT2D eigenvalue weighted by Crippen LogP contribution is 2.25. The first-order valence-electron chi connectivity index (χ1n) is 13.0. The van der Waals surface area contributed by atoms with Gasteiger partial charge < -0.3 is 10.2 Å². The van der Waals surface area contributed by atoms with E-state index in [1.54, 1.807) is 48.5 Å². The van der Waals surface area contributed by atoms with Gasteiger partial charge in [-0.2, -0.15) is 12.7 Å². The molecule has 1 atom stereocenters. The highest BCUT2D eigenvalue weighted by molar-refractivity contribution is 7.90. The lowest BCUT2D eigenvalue weighted by Crippen LogP contribution is -2.56. The summed E-state index contributed by atoms with van der Waals surface area (Å²) < 4.78 is 28.8. The molecule has 3 aromatic rings. The number of hydrogen-bond donors (Lipinski definition) is 1. The van der Waals surface area contributed by atoms with Crippen molar-refractivity contribution in [2.75, 3.05) is 24.9 Å². The number of nitrogens with zero attached hydrogens (tertiary/aromatic N) is 3. The van der Waals surface area contributed by atoms with E-state index in [0.717, 1.165) is 14.2 Å². The van der Waals surface area contributed by atoms with Gasteiger partial charge in [0.15, 0.2) is 0 Å². The fourth-order valence-corrected chi connectivity index (χ4v) is 5.53. The number of benzene rings is 3. The Bertz CT molecular complexity index is 1450. The van der Waals surface area contributed by atoms with Crippen LogP contribution >= 0.6 is 23.2 Å². The van der Waals surface area contributed by atoms with Gasteiger partial charge in [-0.05, 0) is 56.2 Å². The third-order valence-corrected chi connectivity index (χ3v) is 8.73. The van der Waals surface area contributed by atoms with Gasteiger partial charge in [0.25, 0.3) is 0 Å². The number of carbonyl (C=O) groups excluding carboxylic acids is 2.